The average molecular weight is 390 g/mol. The van der Waals surface area contributed by atoms with Crippen LogP contribution < -0.4 is 5.32 Å². The number of carboxylic acid groups (broad SMARTS) is 1. The molecule has 0 aromatic heterocycles. The quantitative estimate of drug-likeness (QED) is 0.335. The lowest BCUT2D eigenvalue weighted by atomic mass is 9.99. The minimum atomic E-state index is -1.18. The molecule has 0 radical (unpaired) electrons. The van der Waals surface area contributed by atoms with Crippen molar-refractivity contribution in [2.45, 2.75) is 12.5 Å². The Balaban J connectivity index is 1.69. The van der Waals surface area contributed by atoms with Crippen LogP contribution in [0.5, 0.6) is 0 Å². The van der Waals surface area contributed by atoms with Crippen molar-refractivity contribution in [3.63, 3.8) is 0 Å². The third-order valence-electron chi connectivity index (χ3n) is 4.42. The molecule has 0 saturated carbocycles. The number of nitro groups is 1. The van der Waals surface area contributed by atoms with E-state index in [1.807, 2.05) is 42.5 Å². The second-order valence-corrected chi connectivity index (χ2v) is 6.41. The van der Waals surface area contributed by atoms with Gasteiger partial charge >= 0.3 is 5.97 Å². The van der Waals surface area contributed by atoms with Crippen molar-refractivity contribution in [2.75, 3.05) is 5.32 Å². The number of hydrogen-bond acceptors (Lipinski definition) is 5. The summed E-state index contributed by atoms with van der Waals surface area (Å²) in [7, 11) is 0. The fraction of sp³-hybridized carbons (Fsp3) is 0.0909. The van der Waals surface area contributed by atoms with Crippen molar-refractivity contribution < 1.29 is 19.6 Å². The number of anilines is 1. The molecule has 146 valence electrons. The molecule has 3 aromatic rings. The number of ketones is 1. The van der Waals surface area contributed by atoms with Crippen LogP contribution >= 0.6 is 0 Å². The number of carbonyl (C=O) groups excluding carboxylic acids is 1. The van der Waals surface area contributed by atoms with Gasteiger partial charge in [-0.25, -0.2) is 4.79 Å². The van der Waals surface area contributed by atoms with Gasteiger partial charge in [0.15, 0.2) is 5.78 Å². The van der Waals surface area contributed by atoms with Crippen LogP contribution in [0.4, 0.5) is 11.4 Å². The summed E-state index contributed by atoms with van der Waals surface area (Å²) >= 11 is 0. The number of aliphatic carboxylic acids is 1. The maximum Gasteiger partial charge on any atom is 0.326 e. The Kier molecular flexibility index (Phi) is 5.99. The second kappa shape index (κ2) is 8.79. The highest BCUT2D eigenvalue weighted by atomic mass is 16.6. The number of carbonyl (C=O) groups is 2. The van der Waals surface area contributed by atoms with Gasteiger partial charge in [0.25, 0.3) is 5.69 Å². The van der Waals surface area contributed by atoms with Gasteiger partial charge in [0, 0.05) is 29.8 Å². The van der Waals surface area contributed by atoms with Gasteiger partial charge in [0.05, 0.1) is 4.92 Å². The molecular formula is C22H18N2O5. The van der Waals surface area contributed by atoms with E-state index >= 15 is 0 Å². The second-order valence-electron chi connectivity index (χ2n) is 6.41. The van der Waals surface area contributed by atoms with E-state index < -0.39 is 16.9 Å². The maximum absolute atomic E-state index is 12.5. The maximum atomic E-state index is 12.5. The van der Waals surface area contributed by atoms with Crippen LogP contribution in [0.2, 0.25) is 0 Å². The molecule has 7 nitrogen and oxygen atoms in total. The molecule has 0 fully saturated rings. The summed E-state index contributed by atoms with van der Waals surface area (Å²) in [6.45, 7) is 0. The van der Waals surface area contributed by atoms with E-state index in [9.17, 15) is 24.8 Å². The highest BCUT2D eigenvalue weighted by molar-refractivity contribution is 5.99. The van der Waals surface area contributed by atoms with E-state index in [0.717, 1.165) is 11.1 Å². The molecule has 0 amide bonds. The predicted octanol–water partition coefficient (Wildman–Crippen LogP) is 4.40. The molecule has 0 saturated heterocycles. The number of Topliss-reactive ketones (excluding diaryl/α,β-unsaturated/α-hetero) is 1. The number of non-ortho nitro benzene ring substituents is 1. The van der Waals surface area contributed by atoms with Crippen LogP contribution in [0.15, 0.2) is 78.9 Å². The Labute approximate surface area is 166 Å². The number of benzene rings is 3. The molecule has 0 heterocycles. The third kappa shape index (κ3) is 5.04. The predicted molar refractivity (Wildman–Crippen MR) is 109 cm³/mol. The number of nitrogens with zero attached hydrogens (tertiary/aromatic N) is 1. The molecule has 3 aromatic carbocycles. The minimum absolute atomic E-state index is 0.1000. The van der Waals surface area contributed by atoms with E-state index in [1.165, 1.54) is 24.3 Å². The molecule has 1 atom stereocenters. The lowest BCUT2D eigenvalue weighted by Crippen LogP contribution is -2.31. The van der Waals surface area contributed by atoms with Gasteiger partial charge in [-0.05, 0) is 23.3 Å². The van der Waals surface area contributed by atoms with Crippen molar-refractivity contribution in [2.24, 2.45) is 0 Å². The van der Waals surface area contributed by atoms with E-state index in [4.69, 9.17) is 0 Å². The summed E-state index contributed by atoms with van der Waals surface area (Å²) in [6, 6.07) is 20.9. The van der Waals surface area contributed by atoms with Crippen LogP contribution in [-0.4, -0.2) is 27.8 Å². The molecule has 0 aliphatic rings. The summed E-state index contributed by atoms with van der Waals surface area (Å²) < 4.78 is 0. The molecule has 0 bridgehead atoms. The van der Waals surface area contributed by atoms with Gasteiger partial charge < -0.3 is 10.4 Å². The number of nitro benzene ring substituents is 1. The van der Waals surface area contributed by atoms with Gasteiger partial charge in [0.2, 0.25) is 0 Å². The topological polar surface area (TPSA) is 110 Å². The Morgan fingerprint density at radius 2 is 1.48 bits per heavy atom. The molecule has 7 heteroatoms. The SMILES string of the molecule is O=C(CC(Nc1ccc([N+](=O)[O-])cc1)C(=O)O)c1ccc(-c2ccccc2)cc1. The average Bonchev–Trinajstić information content (AvgIpc) is 2.74. The zero-order valence-corrected chi connectivity index (χ0v) is 15.3. The van der Waals surface area contributed by atoms with Gasteiger partial charge in [0.1, 0.15) is 6.04 Å². The van der Waals surface area contributed by atoms with Crippen molar-refractivity contribution in [3.8, 4) is 11.1 Å². The van der Waals surface area contributed by atoms with Crippen molar-refractivity contribution >= 4 is 23.1 Å². The molecule has 2 N–H and O–H groups in total. The number of nitrogens with one attached hydrogen (secondary N) is 1. The molecule has 29 heavy (non-hydrogen) atoms. The van der Waals surface area contributed by atoms with Crippen LogP contribution in [-0.2, 0) is 4.79 Å². The smallest absolute Gasteiger partial charge is 0.326 e. The fourth-order valence-electron chi connectivity index (χ4n) is 2.86. The monoisotopic (exact) mass is 390 g/mol. The van der Waals surface area contributed by atoms with Gasteiger partial charge in [-0.15, -0.1) is 0 Å². The van der Waals surface area contributed by atoms with Gasteiger partial charge in [-0.1, -0.05) is 54.6 Å². The van der Waals surface area contributed by atoms with Gasteiger partial charge in [-0.3, -0.25) is 14.9 Å². The summed E-state index contributed by atoms with van der Waals surface area (Å²) in [5.74, 6) is -1.50. The largest absolute Gasteiger partial charge is 0.480 e. The molecule has 0 spiro atoms. The Hall–Kier alpha value is -4.00. The first-order valence-corrected chi connectivity index (χ1v) is 8.86. The van der Waals surface area contributed by atoms with Crippen LogP contribution in [0.25, 0.3) is 11.1 Å². The third-order valence-corrected chi connectivity index (χ3v) is 4.42. The standard InChI is InChI=1S/C22H18N2O5/c25-21(17-8-6-16(7-9-17)15-4-2-1-3-5-15)14-20(22(26)27)23-18-10-12-19(13-11-18)24(28)29/h1-13,20,23H,14H2,(H,26,27). The first-order chi connectivity index (χ1) is 13.9. The fourth-order valence-corrected chi connectivity index (χ4v) is 2.86. The zero-order valence-electron chi connectivity index (χ0n) is 15.3. The summed E-state index contributed by atoms with van der Waals surface area (Å²) in [4.78, 5) is 34.3. The Morgan fingerprint density at radius 1 is 0.897 bits per heavy atom. The van der Waals surface area contributed by atoms with E-state index in [-0.39, 0.29) is 17.9 Å². The van der Waals surface area contributed by atoms with Crippen LogP contribution in [0.3, 0.4) is 0 Å². The normalized spacial score (nSPS) is 11.4. The van der Waals surface area contributed by atoms with Gasteiger partial charge in [-0.2, -0.15) is 0 Å². The Morgan fingerprint density at radius 3 is 2.03 bits per heavy atom. The molecule has 1 unspecified atom stereocenters. The van der Waals surface area contributed by atoms with Crippen molar-refractivity contribution in [1.82, 2.24) is 0 Å². The molecule has 0 aliphatic heterocycles. The lowest BCUT2D eigenvalue weighted by molar-refractivity contribution is -0.384. The van der Waals surface area contributed by atoms with Crippen LogP contribution in [0, 0.1) is 10.1 Å². The number of rotatable bonds is 8. The van der Waals surface area contributed by atoms with E-state index in [0.29, 0.717) is 11.3 Å². The first-order valence-electron chi connectivity index (χ1n) is 8.86. The molecule has 3 rings (SSSR count). The summed E-state index contributed by atoms with van der Waals surface area (Å²) in [5, 5.41) is 22.9. The highest BCUT2D eigenvalue weighted by Gasteiger charge is 2.22. The lowest BCUT2D eigenvalue weighted by Gasteiger charge is -2.15. The zero-order chi connectivity index (χ0) is 20.8. The highest BCUT2D eigenvalue weighted by Crippen LogP contribution is 2.21. The minimum Gasteiger partial charge on any atom is -0.480 e. The Bertz CT molecular complexity index is 1020. The van der Waals surface area contributed by atoms with E-state index in [2.05, 4.69) is 5.32 Å². The summed E-state index contributed by atoms with van der Waals surface area (Å²) in [6.07, 6.45) is -0.253. The first kappa shape index (κ1) is 19.8. The molecule has 0 aliphatic carbocycles. The van der Waals surface area contributed by atoms with E-state index in [1.54, 1.807) is 12.1 Å². The van der Waals surface area contributed by atoms with Crippen molar-refractivity contribution in [1.29, 1.82) is 0 Å². The van der Waals surface area contributed by atoms with Crippen molar-refractivity contribution in [3.05, 3.63) is 94.5 Å². The van der Waals surface area contributed by atoms with Crippen LogP contribution in [0.1, 0.15) is 16.8 Å². The number of carboxylic acids is 1. The number of hydrogen-bond donors (Lipinski definition) is 2. The summed E-state index contributed by atoms with van der Waals surface area (Å²) in [5.41, 5.74) is 2.68. The molecular weight excluding hydrogens is 372 g/mol.